The third kappa shape index (κ3) is 3.98. The number of carbonyl (C=O) groups is 1. The molecule has 1 aliphatic heterocycles. The van der Waals surface area contributed by atoms with Crippen LogP contribution >= 0.6 is 11.6 Å². The van der Waals surface area contributed by atoms with Crippen molar-refractivity contribution in [1.82, 2.24) is 9.80 Å². The number of piperazine rings is 1. The molecule has 1 N–H and O–H groups in total. The van der Waals surface area contributed by atoms with Crippen LogP contribution in [-0.4, -0.2) is 53.6 Å². The first-order valence-corrected chi connectivity index (χ1v) is 6.42. The molecule has 0 atom stereocenters. The highest BCUT2D eigenvalue weighted by molar-refractivity contribution is 6.30. The SMILES string of the molecule is O=C(O)CN1CCN(Cc2cccc(Cl)c2)CC1. The van der Waals surface area contributed by atoms with Crippen molar-refractivity contribution in [2.75, 3.05) is 32.7 Å². The van der Waals surface area contributed by atoms with Gasteiger partial charge < -0.3 is 5.11 Å². The summed E-state index contributed by atoms with van der Waals surface area (Å²) in [5, 5.41) is 9.49. The van der Waals surface area contributed by atoms with Gasteiger partial charge in [-0.1, -0.05) is 23.7 Å². The maximum absolute atomic E-state index is 10.6. The van der Waals surface area contributed by atoms with Gasteiger partial charge in [0.25, 0.3) is 0 Å². The van der Waals surface area contributed by atoms with Crippen molar-refractivity contribution in [3.05, 3.63) is 34.9 Å². The summed E-state index contributed by atoms with van der Waals surface area (Å²) in [7, 11) is 0. The van der Waals surface area contributed by atoms with Gasteiger partial charge in [0.1, 0.15) is 0 Å². The lowest BCUT2D eigenvalue weighted by Gasteiger charge is -2.33. The van der Waals surface area contributed by atoms with Gasteiger partial charge in [0.2, 0.25) is 0 Å². The van der Waals surface area contributed by atoms with Gasteiger partial charge in [-0.2, -0.15) is 0 Å². The molecule has 1 saturated heterocycles. The molecule has 4 nitrogen and oxygen atoms in total. The van der Waals surface area contributed by atoms with Crippen molar-refractivity contribution in [2.24, 2.45) is 0 Å². The standard InChI is InChI=1S/C13H17ClN2O2/c14-12-3-1-2-11(8-12)9-15-4-6-16(7-5-15)10-13(17)18/h1-3,8H,4-7,9-10H2,(H,17,18). The van der Waals surface area contributed by atoms with E-state index in [1.54, 1.807) is 0 Å². The Morgan fingerprint density at radius 2 is 1.89 bits per heavy atom. The third-order valence-electron chi connectivity index (χ3n) is 3.12. The number of halogens is 1. The highest BCUT2D eigenvalue weighted by Crippen LogP contribution is 2.13. The van der Waals surface area contributed by atoms with E-state index in [9.17, 15) is 4.79 Å². The Balaban J connectivity index is 1.81. The average Bonchev–Trinajstić information content (AvgIpc) is 2.31. The number of rotatable bonds is 4. The molecule has 0 aromatic heterocycles. The molecule has 0 unspecified atom stereocenters. The summed E-state index contributed by atoms with van der Waals surface area (Å²) in [6.07, 6.45) is 0. The highest BCUT2D eigenvalue weighted by Gasteiger charge is 2.18. The summed E-state index contributed by atoms with van der Waals surface area (Å²) in [5.74, 6) is -0.752. The number of aliphatic carboxylic acids is 1. The van der Waals surface area contributed by atoms with Crippen LogP contribution in [0.25, 0.3) is 0 Å². The molecule has 0 amide bonds. The van der Waals surface area contributed by atoms with Gasteiger partial charge in [-0.15, -0.1) is 0 Å². The first-order valence-electron chi connectivity index (χ1n) is 6.04. The molecule has 1 aliphatic rings. The predicted octanol–water partition coefficient (Wildman–Crippen LogP) is 1.54. The summed E-state index contributed by atoms with van der Waals surface area (Å²) in [4.78, 5) is 14.9. The van der Waals surface area contributed by atoms with Gasteiger partial charge in [0, 0.05) is 37.7 Å². The van der Waals surface area contributed by atoms with Crippen LogP contribution in [0.1, 0.15) is 5.56 Å². The summed E-state index contributed by atoms with van der Waals surface area (Å²) in [6.45, 7) is 4.45. The second-order valence-corrected chi connectivity index (χ2v) is 5.01. The van der Waals surface area contributed by atoms with Gasteiger partial charge in [0.05, 0.1) is 6.54 Å². The Bertz CT molecular complexity index is 417. The molecule has 1 heterocycles. The van der Waals surface area contributed by atoms with Crippen molar-refractivity contribution < 1.29 is 9.90 Å². The molecule has 1 fully saturated rings. The molecule has 98 valence electrons. The zero-order valence-electron chi connectivity index (χ0n) is 10.2. The lowest BCUT2D eigenvalue weighted by atomic mass is 10.2. The van der Waals surface area contributed by atoms with E-state index in [0.29, 0.717) is 0 Å². The maximum atomic E-state index is 10.6. The van der Waals surface area contributed by atoms with Crippen molar-refractivity contribution in [2.45, 2.75) is 6.54 Å². The number of carboxylic acid groups (broad SMARTS) is 1. The van der Waals surface area contributed by atoms with E-state index in [4.69, 9.17) is 16.7 Å². The topological polar surface area (TPSA) is 43.8 Å². The smallest absolute Gasteiger partial charge is 0.317 e. The van der Waals surface area contributed by atoms with E-state index in [-0.39, 0.29) is 6.54 Å². The zero-order valence-corrected chi connectivity index (χ0v) is 10.9. The first-order chi connectivity index (χ1) is 8.63. The fourth-order valence-corrected chi connectivity index (χ4v) is 2.40. The zero-order chi connectivity index (χ0) is 13.0. The van der Waals surface area contributed by atoms with Gasteiger partial charge in [0.15, 0.2) is 0 Å². The van der Waals surface area contributed by atoms with Crippen LogP contribution in [0.4, 0.5) is 0 Å². The normalized spacial score (nSPS) is 17.8. The summed E-state index contributed by atoms with van der Waals surface area (Å²) >= 11 is 5.95. The van der Waals surface area contributed by atoms with Gasteiger partial charge in [-0.25, -0.2) is 0 Å². The first kappa shape index (κ1) is 13.3. The molecule has 5 heteroatoms. The Hall–Kier alpha value is -1.10. The fourth-order valence-electron chi connectivity index (χ4n) is 2.19. The Labute approximate surface area is 112 Å². The average molecular weight is 269 g/mol. The largest absolute Gasteiger partial charge is 0.480 e. The van der Waals surface area contributed by atoms with E-state index in [1.807, 2.05) is 23.1 Å². The van der Waals surface area contributed by atoms with Crippen LogP contribution in [-0.2, 0) is 11.3 Å². The predicted molar refractivity (Wildman–Crippen MR) is 70.8 cm³/mol. The second-order valence-electron chi connectivity index (χ2n) is 4.58. The van der Waals surface area contributed by atoms with E-state index in [0.717, 1.165) is 37.7 Å². The molecule has 1 aromatic rings. The lowest BCUT2D eigenvalue weighted by Crippen LogP contribution is -2.47. The minimum Gasteiger partial charge on any atom is -0.480 e. The molecule has 0 radical (unpaired) electrons. The number of hydrogen-bond donors (Lipinski definition) is 1. The monoisotopic (exact) mass is 268 g/mol. The van der Waals surface area contributed by atoms with Gasteiger partial charge in [-0.3, -0.25) is 14.6 Å². The molecule has 0 spiro atoms. The molecule has 0 saturated carbocycles. The minimum absolute atomic E-state index is 0.144. The highest BCUT2D eigenvalue weighted by atomic mass is 35.5. The summed E-state index contributed by atoms with van der Waals surface area (Å²) in [6, 6.07) is 7.87. The molecule has 1 aromatic carbocycles. The molecular formula is C13H17ClN2O2. The van der Waals surface area contributed by atoms with Crippen molar-refractivity contribution in [3.8, 4) is 0 Å². The van der Waals surface area contributed by atoms with Crippen LogP contribution in [0.3, 0.4) is 0 Å². The van der Waals surface area contributed by atoms with Crippen LogP contribution in [0, 0.1) is 0 Å². The molecule has 0 bridgehead atoms. The van der Waals surface area contributed by atoms with Crippen molar-refractivity contribution in [3.63, 3.8) is 0 Å². The number of nitrogens with zero attached hydrogens (tertiary/aromatic N) is 2. The number of carboxylic acids is 1. The van der Waals surface area contributed by atoms with E-state index in [2.05, 4.69) is 11.0 Å². The van der Waals surface area contributed by atoms with E-state index < -0.39 is 5.97 Å². The van der Waals surface area contributed by atoms with Gasteiger partial charge >= 0.3 is 5.97 Å². The quantitative estimate of drug-likeness (QED) is 0.900. The van der Waals surface area contributed by atoms with Crippen LogP contribution in [0.2, 0.25) is 5.02 Å². The lowest BCUT2D eigenvalue weighted by molar-refractivity contribution is -0.138. The van der Waals surface area contributed by atoms with Crippen LogP contribution in [0.5, 0.6) is 0 Å². The van der Waals surface area contributed by atoms with Crippen LogP contribution < -0.4 is 0 Å². The molecule has 2 rings (SSSR count). The van der Waals surface area contributed by atoms with Crippen molar-refractivity contribution in [1.29, 1.82) is 0 Å². The minimum atomic E-state index is -0.752. The number of benzene rings is 1. The molecule has 18 heavy (non-hydrogen) atoms. The third-order valence-corrected chi connectivity index (χ3v) is 3.35. The number of hydrogen-bond acceptors (Lipinski definition) is 3. The van der Waals surface area contributed by atoms with Crippen molar-refractivity contribution >= 4 is 17.6 Å². The maximum Gasteiger partial charge on any atom is 0.317 e. The Morgan fingerprint density at radius 3 is 2.50 bits per heavy atom. The Morgan fingerprint density at radius 1 is 1.22 bits per heavy atom. The van der Waals surface area contributed by atoms with Crippen LogP contribution in [0.15, 0.2) is 24.3 Å². The molecule has 0 aliphatic carbocycles. The molecular weight excluding hydrogens is 252 g/mol. The summed E-state index contributed by atoms with van der Waals surface area (Å²) in [5.41, 5.74) is 1.20. The summed E-state index contributed by atoms with van der Waals surface area (Å²) < 4.78 is 0. The van der Waals surface area contributed by atoms with Gasteiger partial charge in [-0.05, 0) is 17.7 Å². The van der Waals surface area contributed by atoms with E-state index in [1.165, 1.54) is 5.56 Å². The van der Waals surface area contributed by atoms with E-state index >= 15 is 0 Å². The second kappa shape index (κ2) is 6.18. The fraction of sp³-hybridized carbons (Fsp3) is 0.462. The Kier molecular flexibility index (Phi) is 4.58.